The Morgan fingerprint density at radius 1 is 1.37 bits per heavy atom. The molecule has 0 aliphatic carbocycles. The van der Waals surface area contributed by atoms with Gasteiger partial charge in [-0.05, 0) is 18.6 Å². The highest BCUT2D eigenvalue weighted by molar-refractivity contribution is 9.09. The fourth-order valence-corrected chi connectivity index (χ4v) is 3.11. The summed E-state index contributed by atoms with van der Waals surface area (Å²) in [4.78, 5) is 0.260. The van der Waals surface area contributed by atoms with Crippen molar-refractivity contribution in [3.8, 4) is 11.5 Å². The first-order valence-electron chi connectivity index (χ1n) is 6.13. The number of aromatic nitrogens is 2. The van der Waals surface area contributed by atoms with Crippen molar-refractivity contribution in [1.29, 1.82) is 0 Å². The summed E-state index contributed by atoms with van der Waals surface area (Å²) in [5, 5.41) is 10.3. The minimum atomic E-state index is -0.169. The zero-order valence-corrected chi connectivity index (χ0v) is 12.8. The summed E-state index contributed by atoms with van der Waals surface area (Å²) < 4.78 is 11.6. The number of para-hydroxylation sites is 2. The molecule has 4 nitrogen and oxygen atoms in total. The molecule has 3 rings (SSSR count). The Morgan fingerprint density at radius 3 is 2.95 bits per heavy atom. The van der Waals surface area contributed by atoms with Crippen LogP contribution < -0.4 is 9.47 Å². The van der Waals surface area contributed by atoms with Crippen LogP contribution in [0.15, 0.2) is 24.3 Å². The van der Waals surface area contributed by atoms with Crippen LogP contribution in [0, 0.1) is 0 Å². The monoisotopic (exact) mass is 340 g/mol. The van der Waals surface area contributed by atoms with Crippen LogP contribution in [0.1, 0.15) is 34.3 Å². The molecule has 0 radical (unpaired) electrons. The minimum Gasteiger partial charge on any atom is -0.485 e. The zero-order chi connectivity index (χ0) is 13.2. The standard InChI is InChI=1S/C13H13BrN2O2S/c1-2-8(14)12-15-16-13(19-12)11-7-17-9-5-3-4-6-10(9)18-11/h3-6,8,11H,2,7H2,1H3. The molecule has 0 spiro atoms. The minimum absolute atomic E-state index is 0.169. The number of alkyl halides is 1. The number of rotatable bonds is 3. The molecule has 6 heteroatoms. The molecule has 0 fully saturated rings. The van der Waals surface area contributed by atoms with E-state index in [0.717, 1.165) is 27.9 Å². The van der Waals surface area contributed by atoms with Crippen molar-refractivity contribution in [2.75, 3.05) is 6.61 Å². The van der Waals surface area contributed by atoms with E-state index in [1.54, 1.807) is 11.3 Å². The third kappa shape index (κ3) is 2.60. The molecule has 2 aromatic rings. The van der Waals surface area contributed by atoms with Gasteiger partial charge in [0.25, 0.3) is 0 Å². The normalized spacial score (nSPS) is 19.2. The Hall–Kier alpha value is -1.14. The molecule has 1 aromatic carbocycles. The molecular weight excluding hydrogens is 328 g/mol. The van der Waals surface area contributed by atoms with Crippen LogP contribution in [0.4, 0.5) is 0 Å². The molecule has 19 heavy (non-hydrogen) atoms. The number of benzene rings is 1. The topological polar surface area (TPSA) is 44.2 Å². The molecule has 2 atom stereocenters. The van der Waals surface area contributed by atoms with Crippen molar-refractivity contribution < 1.29 is 9.47 Å². The fraction of sp³-hybridized carbons (Fsp3) is 0.385. The molecule has 2 heterocycles. The lowest BCUT2D eigenvalue weighted by Gasteiger charge is -2.24. The Bertz CT molecular complexity index is 575. The summed E-state index contributed by atoms with van der Waals surface area (Å²) in [5.41, 5.74) is 0. The van der Waals surface area contributed by atoms with Crippen molar-refractivity contribution in [2.24, 2.45) is 0 Å². The second-order valence-corrected chi connectivity index (χ2v) is 6.36. The van der Waals surface area contributed by atoms with E-state index in [1.807, 2.05) is 24.3 Å². The van der Waals surface area contributed by atoms with Crippen molar-refractivity contribution in [3.05, 3.63) is 34.3 Å². The van der Waals surface area contributed by atoms with E-state index in [1.165, 1.54) is 0 Å². The second kappa shape index (κ2) is 5.46. The third-order valence-electron chi connectivity index (χ3n) is 2.87. The molecule has 0 N–H and O–H groups in total. The summed E-state index contributed by atoms with van der Waals surface area (Å²) in [5.74, 6) is 1.55. The molecule has 0 saturated heterocycles. The van der Waals surface area contributed by atoms with E-state index in [4.69, 9.17) is 9.47 Å². The van der Waals surface area contributed by atoms with E-state index in [-0.39, 0.29) is 10.9 Å². The van der Waals surface area contributed by atoms with Gasteiger partial charge in [-0.25, -0.2) is 0 Å². The van der Waals surface area contributed by atoms with Gasteiger partial charge in [0.1, 0.15) is 11.6 Å². The maximum atomic E-state index is 5.91. The van der Waals surface area contributed by atoms with Crippen LogP contribution in [0.5, 0.6) is 11.5 Å². The van der Waals surface area contributed by atoms with Gasteiger partial charge in [-0.2, -0.15) is 0 Å². The number of ether oxygens (including phenoxy) is 2. The number of hydrogen-bond donors (Lipinski definition) is 0. The van der Waals surface area contributed by atoms with Gasteiger partial charge in [-0.3, -0.25) is 0 Å². The average Bonchev–Trinajstić information content (AvgIpc) is 2.95. The molecule has 1 aliphatic rings. The highest BCUT2D eigenvalue weighted by Crippen LogP contribution is 2.38. The highest BCUT2D eigenvalue weighted by atomic mass is 79.9. The molecular formula is C13H13BrN2O2S. The van der Waals surface area contributed by atoms with Gasteiger partial charge in [-0.1, -0.05) is 46.3 Å². The molecule has 0 saturated carbocycles. The van der Waals surface area contributed by atoms with E-state index in [2.05, 4.69) is 33.1 Å². The second-order valence-electron chi connectivity index (χ2n) is 4.22. The number of hydrogen-bond acceptors (Lipinski definition) is 5. The smallest absolute Gasteiger partial charge is 0.186 e. The quantitative estimate of drug-likeness (QED) is 0.795. The Balaban J connectivity index is 1.79. The van der Waals surface area contributed by atoms with Crippen molar-refractivity contribution in [1.82, 2.24) is 10.2 Å². The van der Waals surface area contributed by atoms with Gasteiger partial charge in [0.2, 0.25) is 0 Å². The van der Waals surface area contributed by atoms with Crippen LogP contribution in [0.3, 0.4) is 0 Å². The Labute approximate surface area is 123 Å². The number of nitrogens with zero attached hydrogens (tertiary/aromatic N) is 2. The number of halogens is 1. The van der Waals surface area contributed by atoms with Gasteiger partial charge >= 0.3 is 0 Å². The molecule has 1 aromatic heterocycles. The summed E-state index contributed by atoms with van der Waals surface area (Å²) in [6.45, 7) is 2.58. The van der Waals surface area contributed by atoms with Gasteiger partial charge < -0.3 is 9.47 Å². The number of fused-ring (bicyclic) bond motifs is 1. The molecule has 100 valence electrons. The van der Waals surface area contributed by atoms with Crippen LogP contribution in [-0.2, 0) is 0 Å². The first kappa shape index (κ1) is 12.9. The third-order valence-corrected chi connectivity index (χ3v) is 5.38. The van der Waals surface area contributed by atoms with E-state index < -0.39 is 0 Å². The van der Waals surface area contributed by atoms with Crippen molar-refractivity contribution in [3.63, 3.8) is 0 Å². The highest BCUT2D eigenvalue weighted by Gasteiger charge is 2.26. The summed E-state index contributed by atoms with van der Waals surface area (Å²) in [6, 6.07) is 7.68. The summed E-state index contributed by atoms with van der Waals surface area (Å²) in [6.07, 6.45) is 0.817. The molecule has 0 bridgehead atoms. The van der Waals surface area contributed by atoms with E-state index in [0.29, 0.717) is 6.61 Å². The van der Waals surface area contributed by atoms with Crippen LogP contribution in [-0.4, -0.2) is 16.8 Å². The van der Waals surface area contributed by atoms with Gasteiger partial charge in [0.05, 0.1) is 4.83 Å². The first-order chi connectivity index (χ1) is 9.28. The van der Waals surface area contributed by atoms with E-state index >= 15 is 0 Å². The largest absolute Gasteiger partial charge is 0.485 e. The predicted molar refractivity (Wildman–Crippen MR) is 77.2 cm³/mol. The van der Waals surface area contributed by atoms with Crippen LogP contribution in [0.2, 0.25) is 0 Å². The van der Waals surface area contributed by atoms with Crippen LogP contribution in [0.25, 0.3) is 0 Å². The zero-order valence-electron chi connectivity index (χ0n) is 10.4. The SMILES string of the molecule is CCC(Br)c1nnc(C2COc3ccccc3O2)s1. The maximum absolute atomic E-state index is 5.91. The fourth-order valence-electron chi connectivity index (χ4n) is 1.82. The summed E-state index contributed by atoms with van der Waals surface area (Å²) in [7, 11) is 0. The molecule has 0 amide bonds. The lowest BCUT2D eigenvalue weighted by molar-refractivity contribution is 0.0906. The lowest BCUT2D eigenvalue weighted by atomic mass is 10.3. The maximum Gasteiger partial charge on any atom is 0.186 e. The van der Waals surface area contributed by atoms with Crippen molar-refractivity contribution >= 4 is 27.3 Å². The Morgan fingerprint density at radius 2 is 2.16 bits per heavy atom. The summed E-state index contributed by atoms with van der Waals surface area (Å²) >= 11 is 5.16. The van der Waals surface area contributed by atoms with E-state index in [9.17, 15) is 0 Å². The van der Waals surface area contributed by atoms with Gasteiger partial charge in [-0.15, -0.1) is 10.2 Å². The van der Waals surface area contributed by atoms with Gasteiger partial charge in [0, 0.05) is 0 Å². The molecule has 1 aliphatic heterocycles. The van der Waals surface area contributed by atoms with Crippen LogP contribution >= 0.6 is 27.3 Å². The Kier molecular flexibility index (Phi) is 3.70. The first-order valence-corrected chi connectivity index (χ1v) is 7.87. The van der Waals surface area contributed by atoms with Gasteiger partial charge in [0.15, 0.2) is 22.6 Å². The lowest BCUT2D eigenvalue weighted by Crippen LogP contribution is -2.21. The predicted octanol–water partition coefficient (Wildman–Crippen LogP) is 3.90. The average molecular weight is 341 g/mol. The van der Waals surface area contributed by atoms with Crippen molar-refractivity contribution in [2.45, 2.75) is 24.3 Å². The molecule has 2 unspecified atom stereocenters.